The lowest BCUT2D eigenvalue weighted by Crippen LogP contribution is -2.63. The highest BCUT2D eigenvalue weighted by Gasteiger charge is 2.66. The molecule has 0 aromatic carbocycles. The second-order valence-electron chi connectivity index (χ2n) is 12.3. The number of nitrogens with two attached hydrogens (primary N) is 1. The fraction of sp³-hybridized carbons (Fsp3) is 0.679. The molecule has 0 aromatic rings. The molecule has 3 N–H and O–H groups in total. The molecule has 3 saturated carbocycles. The molecule has 4 aliphatic rings. The van der Waals surface area contributed by atoms with Crippen LogP contribution in [0.15, 0.2) is 46.8 Å². The van der Waals surface area contributed by atoms with Gasteiger partial charge in [0.05, 0.1) is 6.26 Å². The summed E-state index contributed by atoms with van der Waals surface area (Å²) in [6.07, 6.45) is 16.3. The van der Waals surface area contributed by atoms with E-state index in [1.807, 2.05) is 6.92 Å². The molecule has 170 valence electrons. The highest BCUT2D eigenvalue weighted by Crippen LogP contribution is 2.74. The Kier molecular flexibility index (Phi) is 5.06. The van der Waals surface area contributed by atoms with Crippen molar-refractivity contribution in [2.75, 3.05) is 0 Å². The third-order valence-corrected chi connectivity index (χ3v) is 10.5. The molecule has 3 fully saturated rings. The van der Waals surface area contributed by atoms with Gasteiger partial charge in [-0.05, 0) is 104 Å². The summed E-state index contributed by atoms with van der Waals surface area (Å²) in [6.45, 7) is 14.0. The summed E-state index contributed by atoms with van der Waals surface area (Å²) >= 11 is 0. The molecule has 3 nitrogen and oxygen atoms in total. The van der Waals surface area contributed by atoms with Crippen LogP contribution in [-0.4, -0.2) is 16.9 Å². The molecule has 6 atom stereocenters. The van der Waals surface area contributed by atoms with Gasteiger partial charge in [-0.2, -0.15) is 0 Å². The minimum absolute atomic E-state index is 0.0679. The predicted octanol–water partition coefficient (Wildman–Crippen LogP) is 6.57. The van der Waals surface area contributed by atoms with Crippen molar-refractivity contribution in [2.24, 2.45) is 33.3 Å². The maximum absolute atomic E-state index is 11.7. The van der Waals surface area contributed by atoms with Gasteiger partial charge in [-0.3, -0.25) is 4.79 Å². The maximum atomic E-state index is 11.7. The summed E-state index contributed by atoms with van der Waals surface area (Å²) in [5, 5.41) is 9.69. The lowest BCUT2D eigenvalue weighted by Gasteiger charge is -2.70. The fourth-order valence-electron chi connectivity index (χ4n) is 8.16. The lowest BCUT2D eigenvalue weighted by atomic mass is 9.35. The van der Waals surface area contributed by atoms with Crippen molar-refractivity contribution in [3.05, 3.63) is 46.8 Å². The van der Waals surface area contributed by atoms with Gasteiger partial charge < -0.3 is 10.8 Å². The van der Waals surface area contributed by atoms with Crippen LogP contribution in [-0.2, 0) is 4.79 Å². The van der Waals surface area contributed by atoms with Crippen LogP contribution in [0, 0.1) is 27.6 Å². The summed E-state index contributed by atoms with van der Waals surface area (Å²) in [7, 11) is 0. The normalized spacial score (nSPS) is 48.8. The first-order chi connectivity index (χ1) is 14.4. The quantitative estimate of drug-likeness (QED) is 0.300. The summed E-state index contributed by atoms with van der Waals surface area (Å²) in [6, 6.07) is 0. The standard InChI is InChI=1S/C28H41NO2/c1-19(18-31)20-7-8-22-26(4,21(20)9-16-30)13-15-28(6)23-17-25(3,29)12-10-24(23,2)11-14-27(22,28)5/h7-9,16,18,23,31H,10-15,17,29H2,1-6H3/b19-18+,21-9+/t23-,24-,25-,26+,27-,28+/m1/s1. The van der Waals surface area contributed by atoms with E-state index in [4.69, 9.17) is 5.73 Å². The Hall–Kier alpha value is -1.61. The number of allylic oxidation sites excluding steroid dienone is 7. The molecular weight excluding hydrogens is 382 g/mol. The first-order valence-electron chi connectivity index (χ1n) is 12.1. The van der Waals surface area contributed by atoms with Crippen LogP contribution in [0.4, 0.5) is 0 Å². The zero-order valence-electron chi connectivity index (χ0n) is 20.3. The van der Waals surface area contributed by atoms with Crippen molar-refractivity contribution in [3.63, 3.8) is 0 Å². The smallest absolute Gasteiger partial charge is 0.143 e. The van der Waals surface area contributed by atoms with E-state index in [1.54, 1.807) is 6.08 Å². The Balaban J connectivity index is 1.87. The van der Waals surface area contributed by atoms with Gasteiger partial charge in [0.25, 0.3) is 0 Å². The predicted molar refractivity (Wildman–Crippen MR) is 128 cm³/mol. The molecule has 4 rings (SSSR count). The van der Waals surface area contributed by atoms with E-state index in [1.165, 1.54) is 24.8 Å². The molecule has 0 spiro atoms. The molecule has 0 heterocycles. The van der Waals surface area contributed by atoms with Crippen molar-refractivity contribution in [1.82, 2.24) is 0 Å². The third kappa shape index (κ3) is 2.98. The number of carbonyl (C=O) groups is 1. The van der Waals surface area contributed by atoms with Gasteiger partial charge >= 0.3 is 0 Å². The topological polar surface area (TPSA) is 63.3 Å². The Morgan fingerprint density at radius 2 is 1.71 bits per heavy atom. The van der Waals surface area contributed by atoms with Crippen LogP contribution in [0.5, 0.6) is 0 Å². The second-order valence-corrected chi connectivity index (χ2v) is 12.3. The minimum Gasteiger partial charge on any atom is -0.515 e. The van der Waals surface area contributed by atoms with Crippen LogP contribution in [0.25, 0.3) is 0 Å². The number of carbonyl (C=O) groups excluding carboxylic acids is 1. The van der Waals surface area contributed by atoms with E-state index in [2.05, 4.69) is 46.8 Å². The van der Waals surface area contributed by atoms with Crippen LogP contribution in [0.3, 0.4) is 0 Å². The number of rotatable bonds is 2. The average molecular weight is 424 g/mol. The summed E-state index contributed by atoms with van der Waals surface area (Å²) in [5.74, 6) is 0.607. The van der Waals surface area contributed by atoms with Gasteiger partial charge in [0.2, 0.25) is 0 Å². The van der Waals surface area contributed by atoms with Crippen molar-refractivity contribution in [3.8, 4) is 0 Å². The number of fused-ring (bicyclic) bond motifs is 5. The maximum Gasteiger partial charge on any atom is 0.143 e. The third-order valence-electron chi connectivity index (χ3n) is 10.5. The lowest BCUT2D eigenvalue weighted by molar-refractivity contribution is -0.150. The van der Waals surface area contributed by atoms with Crippen LogP contribution >= 0.6 is 0 Å². The Labute approximate surface area is 188 Å². The molecule has 4 aliphatic carbocycles. The van der Waals surface area contributed by atoms with Gasteiger partial charge in [0, 0.05) is 11.0 Å². The average Bonchev–Trinajstić information content (AvgIpc) is 2.72. The summed E-state index contributed by atoms with van der Waals surface area (Å²) < 4.78 is 0. The van der Waals surface area contributed by atoms with Crippen molar-refractivity contribution < 1.29 is 9.90 Å². The molecule has 0 radical (unpaired) electrons. The van der Waals surface area contributed by atoms with E-state index in [0.717, 1.165) is 55.0 Å². The van der Waals surface area contributed by atoms with Crippen molar-refractivity contribution >= 4 is 6.29 Å². The zero-order valence-corrected chi connectivity index (χ0v) is 20.3. The van der Waals surface area contributed by atoms with Gasteiger partial charge in [0.1, 0.15) is 6.29 Å². The molecule has 0 aromatic heterocycles. The highest BCUT2D eigenvalue weighted by atomic mass is 16.2. The van der Waals surface area contributed by atoms with E-state index in [9.17, 15) is 9.90 Å². The van der Waals surface area contributed by atoms with Crippen LogP contribution < -0.4 is 5.73 Å². The van der Waals surface area contributed by atoms with Gasteiger partial charge in [-0.1, -0.05) is 45.4 Å². The van der Waals surface area contributed by atoms with Gasteiger partial charge in [-0.15, -0.1) is 0 Å². The van der Waals surface area contributed by atoms with E-state index in [0.29, 0.717) is 11.3 Å². The Bertz CT molecular complexity index is 921. The van der Waals surface area contributed by atoms with Crippen molar-refractivity contribution in [2.45, 2.75) is 92.0 Å². The largest absolute Gasteiger partial charge is 0.515 e. The fourth-order valence-corrected chi connectivity index (χ4v) is 8.16. The molecule has 0 aliphatic heterocycles. The molecular formula is C28H41NO2. The molecule has 31 heavy (non-hydrogen) atoms. The van der Waals surface area contributed by atoms with Gasteiger partial charge in [-0.25, -0.2) is 0 Å². The monoisotopic (exact) mass is 423 g/mol. The van der Waals surface area contributed by atoms with Crippen LogP contribution in [0.1, 0.15) is 86.5 Å². The van der Waals surface area contributed by atoms with Crippen molar-refractivity contribution in [1.29, 1.82) is 0 Å². The number of aliphatic hydroxyl groups is 1. The van der Waals surface area contributed by atoms with Crippen LogP contribution in [0.2, 0.25) is 0 Å². The Morgan fingerprint density at radius 1 is 1.03 bits per heavy atom. The second kappa shape index (κ2) is 6.94. The van der Waals surface area contributed by atoms with E-state index in [-0.39, 0.29) is 21.8 Å². The first-order valence-corrected chi connectivity index (χ1v) is 12.1. The summed E-state index contributed by atoms with van der Waals surface area (Å²) in [4.78, 5) is 11.7. The molecule has 0 bridgehead atoms. The zero-order chi connectivity index (χ0) is 22.9. The summed E-state index contributed by atoms with van der Waals surface area (Å²) in [5.41, 5.74) is 11.4. The SMILES string of the molecule is C/C(=C\O)C1=CC=C2[C@@](C)(CC[C@@]3(C)[C@@H]4C[C@](C)(N)CC[C@]4(C)CC[C@]23C)/C1=C/C=O. The molecule has 0 amide bonds. The molecule has 3 heteroatoms. The highest BCUT2D eigenvalue weighted by molar-refractivity contribution is 5.73. The molecule has 0 saturated heterocycles. The number of aliphatic hydroxyl groups excluding tert-OH is 1. The minimum atomic E-state index is -0.183. The number of hydrogen-bond acceptors (Lipinski definition) is 3. The Morgan fingerprint density at radius 3 is 2.35 bits per heavy atom. The van der Waals surface area contributed by atoms with E-state index < -0.39 is 0 Å². The number of aldehydes is 1. The van der Waals surface area contributed by atoms with Gasteiger partial charge in [0.15, 0.2) is 0 Å². The van der Waals surface area contributed by atoms with E-state index >= 15 is 0 Å². The molecule has 0 unspecified atom stereocenters. The number of hydrogen-bond donors (Lipinski definition) is 2. The first kappa shape index (κ1) is 22.6.